The number of benzene rings is 1. The van der Waals surface area contributed by atoms with Crippen molar-refractivity contribution in [2.75, 3.05) is 0 Å². The molecule has 4 heteroatoms. The van der Waals surface area contributed by atoms with Crippen molar-refractivity contribution in [3.8, 4) is 0 Å². The van der Waals surface area contributed by atoms with Gasteiger partial charge < -0.3 is 5.11 Å². The average Bonchev–Trinajstić information content (AvgIpc) is 2.47. The number of aliphatic hydroxyl groups is 1. The van der Waals surface area contributed by atoms with Crippen molar-refractivity contribution < 1.29 is 5.11 Å². The Hall–Kier alpha value is -0.0900. The van der Waals surface area contributed by atoms with Crippen LogP contribution in [-0.2, 0) is 6.61 Å². The largest absolute Gasteiger partial charge is 0.392 e. The zero-order chi connectivity index (χ0) is 9.42. The maximum atomic E-state index is 9.05. The highest BCUT2D eigenvalue weighted by atomic mass is 79.9. The fourth-order valence-corrected chi connectivity index (χ4v) is 3.42. The van der Waals surface area contributed by atoms with Gasteiger partial charge in [0.25, 0.3) is 0 Å². The average molecular weight is 278 g/mol. The van der Waals surface area contributed by atoms with E-state index in [1.165, 1.54) is 0 Å². The molecule has 68 valence electrons. The minimum Gasteiger partial charge on any atom is -0.392 e. The van der Waals surface area contributed by atoms with Crippen LogP contribution in [0.15, 0.2) is 22.0 Å². The van der Waals surface area contributed by atoms with Crippen LogP contribution >= 0.6 is 38.9 Å². The Kier molecular flexibility index (Phi) is 2.60. The lowest BCUT2D eigenvalue weighted by Crippen LogP contribution is -1.79. The number of halogens is 2. The number of hydrogen-bond acceptors (Lipinski definition) is 2. The number of thiophene rings is 1. The van der Waals surface area contributed by atoms with E-state index in [-0.39, 0.29) is 6.61 Å². The number of rotatable bonds is 1. The lowest BCUT2D eigenvalue weighted by atomic mass is 10.2. The first-order valence-electron chi connectivity index (χ1n) is 3.68. The molecule has 0 aliphatic heterocycles. The van der Waals surface area contributed by atoms with E-state index in [9.17, 15) is 0 Å². The van der Waals surface area contributed by atoms with Gasteiger partial charge in [-0.15, -0.1) is 11.3 Å². The van der Waals surface area contributed by atoms with E-state index in [4.69, 9.17) is 16.7 Å². The molecular weight excluding hydrogens is 272 g/mol. The van der Waals surface area contributed by atoms with Gasteiger partial charge in [0.05, 0.1) is 11.6 Å². The van der Waals surface area contributed by atoms with E-state index in [1.54, 1.807) is 11.3 Å². The van der Waals surface area contributed by atoms with Crippen LogP contribution in [0.5, 0.6) is 0 Å². The SMILES string of the molecule is OCc1csc2cc(Br)cc(Cl)c12. The van der Waals surface area contributed by atoms with Crippen molar-refractivity contribution in [2.45, 2.75) is 6.61 Å². The molecule has 0 amide bonds. The number of hydrogen-bond donors (Lipinski definition) is 1. The summed E-state index contributed by atoms with van der Waals surface area (Å²) in [6, 6.07) is 3.85. The molecule has 1 N–H and O–H groups in total. The quantitative estimate of drug-likeness (QED) is 0.840. The second-order valence-electron chi connectivity index (χ2n) is 2.68. The Bertz CT molecular complexity index is 452. The van der Waals surface area contributed by atoms with Crippen LogP contribution in [0.1, 0.15) is 5.56 Å². The van der Waals surface area contributed by atoms with Crippen LogP contribution < -0.4 is 0 Å². The third-order valence-corrected chi connectivity index (χ3v) is 3.57. The standard InChI is InChI=1S/C9H6BrClOS/c10-6-1-7(11)9-5(3-12)4-13-8(9)2-6/h1-2,4,12H,3H2. The van der Waals surface area contributed by atoms with Gasteiger partial charge in [-0.1, -0.05) is 27.5 Å². The lowest BCUT2D eigenvalue weighted by molar-refractivity contribution is 0.284. The highest BCUT2D eigenvalue weighted by molar-refractivity contribution is 9.10. The van der Waals surface area contributed by atoms with Crippen molar-refractivity contribution in [1.29, 1.82) is 0 Å². The fraction of sp³-hybridized carbons (Fsp3) is 0.111. The van der Waals surface area contributed by atoms with Gasteiger partial charge in [0, 0.05) is 14.6 Å². The Morgan fingerprint density at radius 2 is 2.23 bits per heavy atom. The summed E-state index contributed by atoms with van der Waals surface area (Å²) in [7, 11) is 0. The number of aliphatic hydroxyl groups excluding tert-OH is 1. The van der Waals surface area contributed by atoms with E-state index in [1.807, 2.05) is 17.5 Å². The van der Waals surface area contributed by atoms with E-state index < -0.39 is 0 Å². The molecule has 0 bridgehead atoms. The molecule has 0 atom stereocenters. The molecule has 1 heterocycles. The van der Waals surface area contributed by atoms with Crippen molar-refractivity contribution in [3.05, 3.63) is 32.6 Å². The fourth-order valence-electron chi connectivity index (χ4n) is 1.26. The predicted molar refractivity (Wildman–Crippen MR) is 60.5 cm³/mol. The van der Waals surface area contributed by atoms with Gasteiger partial charge in [-0.2, -0.15) is 0 Å². The first kappa shape index (κ1) is 9.46. The molecule has 2 aromatic rings. The van der Waals surface area contributed by atoms with Crippen LogP contribution in [0.2, 0.25) is 5.02 Å². The maximum absolute atomic E-state index is 9.05. The molecule has 0 aliphatic carbocycles. The first-order valence-corrected chi connectivity index (χ1v) is 5.73. The van der Waals surface area contributed by atoms with Gasteiger partial charge in [0.2, 0.25) is 0 Å². The van der Waals surface area contributed by atoms with Crippen LogP contribution in [-0.4, -0.2) is 5.11 Å². The van der Waals surface area contributed by atoms with E-state index in [2.05, 4.69) is 15.9 Å². The summed E-state index contributed by atoms with van der Waals surface area (Å²) in [5.41, 5.74) is 0.900. The summed E-state index contributed by atoms with van der Waals surface area (Å²) in [4.78, 5) is 0. The summed E-state index contributed by atoms with van der Waals surface area (Å²) in [5.74, 6) is 0. The van der Waals surface area contributed by atoms with Crippen LogP contribution in [0.4, 0.5) is 0 Å². The lowest BCUT2D eigenvalue weighted by Gasteiger charge is -1.98. The van der Waals surface area contributed by atoms with Gasteiger partial charge in [-0.05, 0) is 23.1 Å². The minimum atomic E-state index is 0.0430. The van der Waals surface area contributed by atoms with Crippen molar-refractivity contribution in [1.82, 2.24) is 0 Å². The molecule has 1 aromatic carbocycles. The summed E-state index contributed by atoms with van der Waals surface area (Å²) < 4.78 is 2.07. The smallest absolute Gasteiger partial charge is 0.0696 e. The summed E-state index contributed by atoms with van der Waals surface area (Å²) >= 11 is 11.0. The predicted octanol–water partition coefficient (Wildman–Crippen LogP) is 3.81. The second-order valence-corrected chi connectivity index (χ2v) is 4.91. The third-order valence-electron chi connectivity index (χ3n) is 1.84. The van der Waals surface area contributed by atoms with Crippen molar-refractivity contribution in [3.63, 3.8) is 0 Å². The molecular formula is C9H6BrClOS. The molecule has 0 unspecified atom stereocenters. The highest BCUT2D eigenvalue weighted by Crippen LogP contribution is 2.34. The van der Waals surface area contributed by atoms with Crippen molar-refractivity contribution >= 4 is 49.0 Å². The zero-order valence-electron chi connectivity index (χ0n) is 6.55. The first-order chi connectivity index (χ1) is 6.22. The zero-order valence-corrected chi connectivity index (χ0v) is 9.71. The van der Waals surface area contributed by atoms with Crippen LogP contribution in [0.25, 0.3) is 10.1 Å². The van der Waals surface area contributed by atoms with Crippen LogP contribution in [0, 0.1) is 0 Å². The topological polar surface area (TPSA) is 20.2 Å². The summed E-state index contributed by atoms with van der Waals surface area (Å²) in [6.45, 7) is 0.0430. The third kappa shape index (κ3) is 1.62. The normalized spacial score (nSPS) is 11.0. The van der Waals surface area contributed by atoms with Crippen LogP contribution in [0.3, 0.4) is 0 Å². The Morgan fingerprint density at radius 3 is 2.92 bits per heavy atom. The van der Waals surface area contributed by atoms with Gasteiger partial charge >= 0.3 is 0 Å². The van der Waals surface area contributed by atoms with Crippen molar-refractivity contribution in [2.24, 2.45) is 0 Å². The molecule has 1 nitrogen and oxygen atoms in total. The Balaban J connectivity index is 2.82. The minimum absolute atomic E-state index is 0.0430. The molecule has 0 fully saturated rings. The van der Waals surface area contributed by atoms with Gasteiger partial charge in [0.15, 0.2) is 0 Å². The molecule has 2 rings (SSSR count). The molecule has 0 saturated heterocycles. The van der Waals surface area contributed by atoms with E-state index in [0.29, 0.717) is 5.02 Å². The molecule has 0 aliphatic rings. The molecule has 0 saturated carbocycles. The van der Waals surface area contributed by atoms with Gasteiger partial charge in [0.1, 0.15) is 0 Å². The Morgan fingerprint density at radius 1 is 1.46 bits per heavy atom. The maximum Gasteiger partial charge on any atom is 0.0696 e. The molecule has 0 radical (unpaired) electrons. The second kappa shape index (κ2) is 3.58. The summed E-state index contributed by atoms with van der Waals surface area (Å²) in [6.07, 6.45) is 0. The summed E-state index contributed by atoms with van der Waals surface area (Å²) in [5, 5.41) is 12.6. The highest BCUT2D eigenvalue weighted by Gasteiger charge is 2.07. The van der Waals surface area contributed by atoms with E-state index >= 15 is 0 Å². The molecule has 1 aromatic heterocycles. The van der Waals surface area contributed by atoms with E-state index in [0.717, 1.165) is 20.1 Å². The Labute approximate surface area is 93.1 Å². The van der Waals surface area contributed by atoms with Gasteiger partial charge in [-0.25, -0.2) is 0 Å². The molecule has 0 spiro atoms. The number of fused-ring (bicyclic) bond motifs is 1. The van der Waals surface area contributed by atoms with Gasteiger partial charge in [-0.3, -0.25) is 0 Å². The molecule has 13 heavy (non-hydrogen) atoms. The monoisotopic (exact) mass is 276 g/mol.